The molecule has 0 fully saturated rings. The molecule has 0 saturated heterocycles. The van der Waals surface area contributed by atoms with E-state index in [9.17, 15) is 0 Å². The van der Waals surface area contributed by atoms with E-state index in [-0.39, 0.29) is 12.4 Å². The van der Waals surface area contributed by atoms with Gasteiger partial charge in [0.2, 0.25) is 0 Å². The molecule has 0 N–H and O–H groups in total. The number of nitrogens with zero attached hydrogens (tertiary/aromatic N) is 2. The number of para-hydroxylation sites is 1. The largest absolute Gasteiger partial charge is 0.465 e. The first-order valence-electron chi connectivity index (χ1n) is 6.59. The SMILES string of the molecule is Cl.Cn1c(C=NC/C=C/c2ccco2)cc2ccccc21. The monoisotopic (exact) mass is 300 g/mol. The standard InChI is InChI=1S/C17H16N2O.ClH/c1-19-15(12-14-6-2-3-9-17(14)19)13-18-10-4-7-16-8-5-11-20-16;/h2-9,11-13H,10H2,1H3;1H/b7-4+,18-13?;. The molecule has 0 atom stereocenters. The van der Waals surface area contributed by atoms with E-state index in [1.807, 2.05) is 30.5 Å². The summed E-state index contributed by atoms with van der Waals surface area (Å²) in [5.41, 5.74) is 2.33. The van der Waals surface area contributed by atoms with E-state index in [0.717, 1.165) is 11.5 Å². The minimum absolute atomic E-state index is 0. The summed E-state index contributed by atoms with van der Waals surface area (Å²) in [7, 11) is 2.06. The summed E-state index contributed by atoms with van der Waals surface area (Å²) in [4.78, 5) is 4.42. The van der Waals surface area contributed by atoms with Crippen LogP contribution >= 0.6 is 12.4 Å². The van der Waals surface area contributed by atoms with Crippen LogP contribution < -0.4 is 0 Å². The Hall–Kier alpha value is -2.26. The summed E-state index contributed by atoms with van der Waals surface area (Å²) in [6.45, 7) is 0.641. The maximum atomic E-state index is 5.21. The van der Waals surface area contributed by atoms with E-state index in [1.54, 1.807) is 6.26 Å². The van der Waals surface area contributed by atoms with Crippen LogP contribution in [0.2, 0.25) is 0 Å². The Kier molecular flexibility index (Phi) is 5.01. The van der Waals surface area contributed by atoms with Gasteiger partial charge in [0.05, 0.1) is 18.5 Å². The van der Waals surface area contributed by atoms with Crippen molar-refractivity contribution < 1.29 is 4.42 Å². The van der Waals surface area contributed by atoms with Crippen LogP contribution in [-0.4, -0.2) is 17.3 Å². The number of aryl methyl sites for hydroxylation is 1. The molecule has 3 aromatic rings. The van der Waals surface area contributed by atoms with Crippen LogP contribution in [0.1, 0.15) is 11.5 Å². The fraction of sp³-hybridized carbons (Fsp3) is 0.118. The Morgan fingerprint density at radius 1 is 1.19 bits per heavy atom. The first kappa shape index (κ1) is 15.1. The van der Waals surface area contributed by atoms with Crippen molar-refractivity contribution in [2.45, 2.75) is 0 Å². The Morgan fingerprint density at radius 3 is 2.81 bits per heavy atom. The van der Waals surface area contributed by atoms with Gasteiger partial charge in [0.25, 0.3) is 0 Å². The normalized spacial score (nSPS) is 11.5. The lowest BCUT2D eigenvalue weighted by Gasteiger charge is -1.97. The highest BCUT2D eigenvalue weighted by molar-refractivity contribution is 5.90. The fourth-order valence-corrected chi connectivity index (χ4v) is 2.20. The summed E-state index contributed by atoms with van der Waals surface area (Å²) < 4.78 is 7.36. The number of benzene rings is 1. The molecule has 4 heteroatoms. The lowest BCUT2D eigenvalue weighted by molar-refractivity contribution is 0.557. The van der Waals surface area contributed by atoms with Crippen LogP contribution in [0.4, 0.5) is 0 Å². The molecule has 0 amide bonds. The molecule has 0 unspecified atom stereocenters. The van der Waals surface area contributed by atoms with Gasteiger partial charge < -0.3 is 8.98 Å². The van der Waals surface area contributed by atoms with Crippen LogP contribution in [0.3, 0.4) is 0 Å². The second-order valence-electron chi connectivity index (χ2n) is 4.60. The van der Waals surface area contributed by atoms with Crippen molar-refractivity contribution in [3.05, 3.63) is 66.3 Å². The number of rotatable bonds is 4. The van der Waals surface area contributed by atoms with Crippen molar-refractivity contribution in [3.8, 4) is 0 Å². The molecule has 0 saturated carbocycles. The second kappa shape index (κ2) is 6.95. The first-order chi connectivity index (χ1) is 9.84. The minimum atomic E-state index is 0. The number of aliphatic imine (C=N–C) groups is 1. The zero-order chi connectivity index (χ0) is 13.8. The van der Waals surface area contributed by atoms with Gasteiger partial charge in [0.15, 0.2) is 0 Å². The van der Waals surface area contributed by atoms with Crippen molar-refractivity contribution in [1.29, 1.82) is 0 Å². The van der Waals surface area contributed by atoms with Gasteiger partial charge in [-0.05, 0) is 30.3 Å². The molecule has 0 bridgehead atoms. The Morgan fingerprint density at radius 2 is 2.05 bits per heavy atom. The predicted octanol–water partition coefficient (Wildman–Crippen LogP) is 4.33. The average Bonchev–Trinajstić information content (AvgIpc) is 3.08. The van der Waals surface area contributed by atoms with E-state index >= 15 is 0 Å². The first-order valence-corrected chi connectivity index (χ1v) is 6.59. The molecule has 0 aliphatic heterocycles. The van der Waals surface area contributed by atoms with Crippen molar-refractivity contribution in [1.82, 2.24) is 4.57 Å². The average molecular weight is 301 g/mol. The van der Waals surface area contributed by atoms with Gasteiger partial charge in [-0.1, -0.05) is 24.3 Å². The van der Waals surface area contributed by atoms with Crippen molar-refractivity contribution in [3.63, 3.8) is 0 Å². The van der Waals surface area contributed by atoms with Gasteiger partial charge >= 0.3 is 0 Å². The van der Waals surface area contributed by atoms with Crippen molar-refractivity contribution in [2.75, 3.05) is 6.54 Å². The molecule has 0 aliphatic rings. The van der Waals surface area contributed by atoms with Gasteiger partial charge in [-0.3, -0.25) is 4.99 Å². The van der Waals surface area contributed by atoms with Crippen LogP contribution in [0.5, 0.6) is 0 Å². The quantitative estimate of drug-likeness (QED) is 0.660. The highest BCUT2D eigenvalue weighted by Gasteiger charge is 2.01. The number of hydrogen-bond acceptors (Lipinski definition) is 2. The smallest absolute Gasteiger partial charge is 0.126 e. The number of hydrogen-bond donors (Lipinski definition) is 0. The van der Waals surface area contributed by atoms with Crippen LogP contribution in [0, 0.1) is 0 Å². The Balaban J connectivity index is 0.00000161. The molecule has 2 aromatic heterocycles. The minimum Gasteiger partial charge on any atom is -0.465 e. The topological polar surface area (TPSA) is 30.4 Å². The van der Waals surface area contributed by atoms with Crippen LogP contribution in [0.15, 0.2) is 64.2 Å². The second-order valence-corrected chi connectivity index (χ2v) is 4.60. The predicted molar refractivity (Wildman–Crippen MR) is 90.4 cm³/mol. The van der Waals surface area contributed by atoms with Crippen LogP contribution in [-0.2, 0) is 7.05 Å². The van der Waals surface area contributed by atoms with E-state index in [4.69, 9.17) is 4.42 Å². The third kappa shape index (κ3) is 3.44. The third-order valence-electron chi connectivity index (χ3n) is 3.25. The number of aromatic nitrogens is 1. The number of halogens is 1. The van der Waals surface area contributed by atoms with E-state index in [1.165, 1.54) is 10.9 Å². The summed E-state index contributed by atoms with van der Waals surface area (Å²) in [5.74, 6) is 0.852. The molecule has 0 spiro atoms. The summed E-state index contributed by atoms with van der Waals surface area (Å²) in [6.07, 6.45) is 7.49. The molecule has 0 aliphatic carbocycles. The fourth-order valence-electron chi connectivity index (χ4n) is 2.20. The van der Waals surface area contributed by atoms with E-state index in [0.29, 0.717) is 6.54 Å². The molecule has 3 nitrogen and oxygen atoms in total. The highest BCUT2D eigenvalue weighted by atomic mass is 35.5. The van der Waals surface area contributed by atoms with Crippen LogP contribution in [0.25, 0.3) is 17.0 Å². The number of furan rings is 1. The molecule has 21 heavy (non-hydrogen) atoms. The molecular weight excluding hydrogens is 284 g/mol. The van der Waals surface area contributed by atoms with E-state index < -0.39 is 0 Å². The lowest BCUT2D eigenvalue weighted by Crippen LogP contribution is -1.94. The van der Waals surface area contributed by atoms with Gasteiger partial charge in [0.1, 0.15) is 5.76 Å². The van der Waals surface area contributed by atoms with Gasteiger partial charge in [-0.25, -0.2) is 0 Å². The Bertz CT molecular complexity index is 754. The molecule has 108 valence electrons. The van der Waals surface area contributed by atoms with Gasteiger partial charge in [-0.15, -0.1) is 12.4 Å². The highest BCUT2D eigenvalue weighted by Crippen LogP contribution is 2.16. The van der Waals surface area contributed by atoms with Gasteiger partial charge in [0, 0.05) is 24.2 Å². The zero-order valence-electron chi connectivity index (χ0n) is 11.8. The van der Waals surface area contributed by atoms with Crippen molar-refractivity contribution >= 4 is 35.6 Å². The number of fused-ring (bicyclic) bond motifs is 1. The molecule has 1 aromatic carbocycles. The third-order valence-corrected chi connectivity index (χ3v) is 3.25. The molecular formula is C17H17ClN2O. The maximum Gasteiger partial charge on any atom is 0.126 e. The van der Waals surface area contributed by atoms with Gasteiger partial charge in [-0.2, -0.15) is 0 Å². The zero-order valence-corrected chi connectivity index (χ0v) is 12.6. The summed E-state index contributed by atoms with van der Waals surface area (Å²) >= 11 is 0. The lowest BCUT2D eigenvalue weighted by atomic mass is 10.2. The van der Waals surface area contributed by atoms with Crippen molar-refractivity contribution in [2.24, 2.45) is 12.0 Å². The molecule has 3 rings (SSSR count). The summed E-state index contributed by atoms with van der Waals surface area (Å²) in [6, 6.07) is 14.3. The van der Waals surface area contributed by atoms with E-state index in [2.05, 4.69) is 46.9 Å². The maximum absolute atomic E-state index is 5.21. The molecule has 0 radical (unpaired) electrons. The Labute approximate surface area is 130 Å². The molecule has 2 heterocycles. The summed E-state index contributed by atoms with van der Waals surface area (Å²) in [5, 5.41) is 1.24.